The van der Waals surface area contributed by atoms with E-state index in [-0.39, 0.29) is 6.54 Å². The molecule has 6 heteroatoms. The molecule has 1 aliphatic heterocycles. The maximum Gasteiger partial charge on any atom is 0.160 e. The number of nitrogens with one attached hydrogen (secondary N) is 3. The molecular weight excluding hydrogens is 194 g/mol. The van der Waals surface area contributed by atoms with E-state index in [9.17, 15) is 4.79 Å². The predicted octanol–water partition coefficient (Wildman–Crippen LogP) is -1.06. The number of aromatic nitrogens is 2. The molecule has 2 heterocycles. The zero-order valence-corrected chi connectivity index (χ0v) is 8.00. The summed E-state index contributed by atoms with van der Waals surface area (Å²) in [7, 11) is 0. The van der Waals surface area contributed by atoms with E-state index < -0.39 is 5.54 Å². The van der Waals surface area contributed by atoms with Crippen LogP contribution in [0.2, 0.25) is 0 Å². The highest BCUT2D eigenvalue weighted by Gasteiger charge is 2.44. The van der Waals surface area contributed by atoms with E-state index in [0.29, 0.717) is 17.3 Å². The van der Waals surface area contributed by atoms with Gasteiger partial charge in [0.05, 0.1) is 5.82 Å². The number of nitrogens with zero attached hydrogens (tertiary/aromatic N) is 1. The van der Waals surface area contributed by atoms with Crippen LogP contribution in [0.5, 0.6) is 0 Å². The third-order valence-electron chi connectivity index (χ3n) is 2.38. The number of H-pyrrole nitrogens is 1. The number of aromatic amines is 1. The molecule has 0 aliphatic carbocycles. The topological polar surface area (TPSA) is 95.8 Å². The third kappa shape index (κ3) is 1.24. The average molecular weight is 205 g/mol. The normalized spacial score (nSPS) is 24.6. The van der Waals surface area contributed by atoms with Crippen LogP contribution < -0.4 is 16.4 Å². The van der Waals surface area contributed by atoms with Crippen LogP contribution in [0.25, 0.3) is 0 Å². The van der Waals surface area contributed by atoms with Crippen LogP contribution in [0.1, 0.15) is 5.82 Å². The molecule has 6 nitrogen and oxygen atoms in total. The van der Waals surface area contributed by atoms with Crippen molar-refractivity contribution in [3.63, 3.8) is 0 Å². The number of nitrogens with two attached hydrogens (primary N) is 1. The highest BCUT2D eigenvalue weighted by molar-refractivity contribution is 5.60. The fourth-order valence-electron chi connectivity index (χ4n) is 1.65. The van der Waals surface area contributed by atoms with Crippen LogP contribution in [-0.4, -0.2) is 22.5 Å². The van der Waals surface area contributed by atoms with Gasteiger partial charge >= 0.3 is 0 Å². The van der Waals surface area contributed by atoms with Gasteiger partial charge in [0.2, 0.25) is 0 Å². The molecule has 1 aromatic heterocycles. The molecule has 78 valence electrons. The fourth-order valence-corrected chi connectivity index (χ4v) is 1.65. The second-order valence-electron chi connectivity index (χ2n) is 3.25. The number of hydrogen-bond acceptors (Lipinski definition) is 5. The molecule has 1 fully saturated rings. The molecule has 1 aromatic rings. The van der Waals surface area contributed by atoms with E-state index in [2.05, 4.69) is 27.2 Å². The first kappa shape index (κ1) is 9.51. The van der Waals surface area contributed by atoms with Crippen molar-refractivity contribution in [1.82, 2.24) is 20.6 Å². The van der Waals surface area contributed by atoms with Crippen molar-refractivity contribution >= 4 is 5.94 Å². The molecule has 0 spiro atoms. The SMILES string of the molecule is C=C1NC(=C=O)[C@](CN)(c2ncc[nH]2)N1. The van der Waals surface area contributed by atoms with Crippen molar-refractivity contribution in [2.24, 2.45) is 5.73 Å². The summed E-state index contributed by atoms with van der Waals surface area (Å²) in [4.78, 5) is 17.8. The predicted molar refractivity (Wildman–Crippen MR) is 53.9 cm³/mol. The highest BCUT2D eigenvalue weighted by Crippen LogP contribution is 2.28. The van der Waals surface area contributed by atoms with Crippen molar-refractivity contribution < 1.29 is 4.79 Å². The van der Waals surface area contributed by atoms with Gasteiger partial charge in [0.15, 0.2) is 5.54 Å². The first-order valence-corrected chi connectivity index (χ1v) is 4.42. The van der Waals surface area contributed by atoms with E-state index in [0.717, 1.165) is 0 Å². The third-order valence-corrected chi connectivity index (χ3v) is 2.38. The Morgan fingerprint density at radius 2 is 2.47 bits per heavy atom. The minimum absolute atomic E-state index is 0.178. The quantitative estimate of drug-likeness (QED) is 0.462. The summed E-state index contributed by atoms with van der Waals surface area (Å²) in [6, 6.07) is 0. The summed E-state index contributed by atoms with van der Waals surface area (Å²) in [5, 5.41) is 5.78. The molecule has 15 heavy (non-hydrogen) atoms. The van der Waals surface area contributed by atoms with Gasteiger partial charge in [0.1, 0.15) is 17.5 Å². The standard InChI is InChI=1S/C9H11N5O/c1-6-13-7(4-15)9(5-10,14-6)8-11-2-3-12-8/h2-3,13-14H,1,5,10H2,(H,11,12)/t9-/m1/s1. The summed E-state index contributed by atoms with van der Waals surface area (Å²) < 4.78 is 0. The summed E-state index contributed by atoms with van der Waals surface area (Å²) in [5.41, 5.74) is 5.12. The van der Waals surface area contributed by atoms with E-state index in [1.165, 1.54) is 0 Å². The zero-order valence-electron chi connectivity index (χ0n) is 8.00. The first-order valence-electron chi connectivity index (χ1n) is 4.42. The van der Waals surface area contributed by atoms with Crippen molar-refractivity contribution in [2.75, 3.05) is 6.54 Å². The molecule has 0 aromatic carbocycles. The Bertz CT molecular complexity index is 431. The lowest BCUT2D eigenvalue weighted by Gasteiger charge is -2.23. The van der Waals surface area contributed by atoms with Gasteiger partial charge in [-0.25, -0.2) is 9.78 Å². The Labute approximate surface area is 86.3 Å². The smallest absolute Gasteiger partial charge is 0.160 e. The molecule has 1 aliphatic rings. The van der Waals surface area contributed by atoms with Crippen LogP contribution in [-0.2, 0) is 10.3 Å². The van der Waals surface area contributed by atoms with Gasteiger partial charge in [-0.1, -0.05) is 6.58 Å². The average Bonchev–Trinajstić information content (AvgIpc) is 2.84. The largest absolute Gasteiger partial charge is 0.353 e. The summed E-state index contributed by atoms with van der Waals surface area (Å²) >= 11 is 0. The second kappa shape index (κ2) is 3.27. The van der Waals surface area contributed by atoms with Crippen molar-refractivity contribution in [1.29, 1.82) is 0 Å². The molecule has 0 radical (unpaired) electrons. The van der Waals surface area contributed by atoms with Crippen molar-refractivity contribution in [3.8, 4) is 0 Å². The van der Waals surface area contributed by atoms with Crippen LogP contribution >= 0.6 is 0 Å². The Morgan fingerprint density at radius 3 is 3.00 bits per heavy atom. The summed E-state index contributed by atoms with van der Waals surface area (Å²) in [6.07, 6.45) is 3.26. The minimum Gasteiger partial charge on any atom is -0.353 e. The molecular formula is C9H11N5O. The van der Waals surface area contributed by atoms with Gasteiger partial charge in [0, 0.05) is 18.9 Å². The van der Waals surface area contributed by atoms with Gasteiger partial charge in [0.25, 0.3) is 0 Å². The van der Waals surface area contributed by atoms with Crippen molar-refractivity contribution in [2.45, 2.75) is 5.54 Å². The molecule has 1 saturated heterocycles. The van der Waals surface area contributed by atoms with Gasteiger partial charge in [-0.15, -0.1) is 0 Å². The molecule has 0 amide bonds. The molecule has 0 bridgehead atoms. The lowest BCUT2D eigenvalue weighted by atomic mass is 9.97. The van der Waals surface area contributed by atoms with E-state index in [1.807, 2.05) is 5.94 Å². The van der Waals surface area contributed by atoms with Crippen molar-refractivity contribution in [3.05, 3.63) is 36.3 Å². The zero-order chi connectivity index (χ0) is 10.9. The van der Waals surface area contributed by atoms with Gasteiger partial charge < -0.3 is 21.4 Å². The lowest BCUT2D eigenvalue weighted by Crippen LogP contribution is -2.45. The first-order chi connectivity index (χ1) is 7.23. The van der Waals surface area contributed by atoms with E-state index in [1.54, 1.807) is 12.4 Å². The van der Waals surface area contributed by atoms with Gasteiger partial charge in [-0.05, 0) is 0 Å². The van der Waals surface area contributed by atoms with Crippen LogP contribution in [0, 0.1) is 0 Å². The highest BCUT2D eigenvalue weighted by atomic mass is 16.1. The van der Waals surface area contributed by atoms with E-state index in [4.69, 9.17) is 5.73 Å². The Hall–Kier alpha value is -2.04. The fraction of sp³-hybridized carbons (Fsp3) is 0.222. The van der Waals surface area contributed by atoms with Crippen LogP contribution in [0.15, 0.2) is 30.5 Å². The maximum absolute atomic E-state index is 10.8. The number of hydrogen-bond donors (Lipinski definition) is 4. The Kier molecular flexibility index (Phi) is 2.07. The van der Waals surface area contributed by atoms with Crippen LogP contribution in [0.3, 0.4) is 0 Å². The van der Waals surface area contributed by atoms with Gasteiger partial charge in [-0.3, -0.25) is 0 Å². The minimum atomic E-state index is -0.859. The van der Waals surface area contributed by atoms with Crippen LogP contribution in [0.4, 0.5) is 0 Å². The molecule has 0 saturated carbocycles. The molecule has 0 unspecified atom stereocenters. The summed E-state index contributed by atoms with van der Waals surface area (Å²) in [5.74, 6) is 2.89. The van der Waals surface area contributed by atoms with E-state index >= 15 is 0 Å². The van der Waals surface area contributed by atoms with Gasteiger partial charge in [-0.2, -0.15) is 0 Å². The molecule has 5 N–H and O–H groups in total. The summed E-state index contributed by atoms with van der Waals surface area (Å²) in [6.45, 7) is 3.86. The molecule has 2 rings (SSSR count). The second-order valence-corrected chi connectivity index (χ2v) is 3.25. The maximum atomic E-state index is 10.8. The number of imidazole rings is 1. The Morgan fingerprint density at radius 1 is 1.67 bits per heavy atom. The monoisotopic (exact) mass is 205 g/mol. The number of carbonyl (C=O) groups excluding carboxylic acids is 1. The number of rotatable bonds is 2. The Balaban J connectivity index is 2.54. The molecule has 1 atom stereocenters. The lowest BCUT2D eigenvalue weighted by molar-refractivity contribution is 0.458.